The minimum atomic E-state index is -1.23. The van der Waals surface area contributed by atoms with Gasteiger partial charge in [-0.05, 0) is 42.5 Å². The molecular weight excluding hydrogens is 436 g/mol. The molecule has 32 heavy (non-hydrogen) atoms. The molecular formula is C23H15ClN2O6. The second-order valence-electron chi connectivity index (χ2n) is 6.66. The summed E-state index contributed by atoms with van der Waals surface area (Å²) < 4.78 is 10.9. The molecule has 0 atom stereocenters. The fourth-order valence-electron chi connectivity index (χ4n) is 3.01. The number of halogens is 1. The number of oxazole rings is 1. The van der Waals surface area contributed by atoms with E-state index in [2.05, 4.69) is 10.3 Å². The molecule has 3 aromatic carbocycles. The minimum absolute atomic E-state index is 0.0396. The lowest BCUT2D eigenvalue weighted by Crippen LogP contribution is -2.21. The van der Waals surface area contributed by atoms with Crippen molar-refractivity contribution in [2.24, 2.45) is 0 Å². The van der Waals surface area contributed by atoms with Gasteiger partial charge in [-0.15, -0.1) is 0 Å². The number of carbonyl (C=O) groups excluding carboxylic acids is 2. The number of hydrogen-bond donors (Lipinski definition) is 2. The average molecular weight is 451 g/mol. The van der Waals surface area contributed by atoms with Crippen LogP contribution < -0.4 is 5.32 Å². The van der Waals surface area contributed by atoms with E-state index in [9.17, 15) is 14.4 Å². The molecule has 0 radical (unpaired) electrons. The lowest BCUT2D eigenvalue weighted by atomic mass is 10.1. The van der Waals surface area contributed by atoms with Crippen molar-refractivity contribution in [2.45, 2.75) is 0 Å². The molecule has 0 aliphatic heterocycles. The number of carboxylic acids is 1. The molecule has 2 N–H and O–H groups in total. The van der Waals surface area contributed by atoms with Crippen molar-refractivity contribution in [1.82, 2.24) is 4.98 Å². The Kier molecular flexibility index (Phi) is 5.87. The summed E-state index contributed by atoms with van der Waals surface area (Å²) in [6.45, 7) is -0.578. The molecule has 0 spiro atoms. The third kappa shape index (κ3) is 4.45. The van der Waals surface area contributed by atoms with Gasteiger partial charge in [-0.3, -0.25) is 4.79 Å². The molecule has 9 heteroatoms. The average Bonchev–Trinajstić information content (AvgIpc) is 3.23. The lowest BCUT2D eigenvalue weighted by Gasteiger charge is -2.09. The topological polar surface area (TPSA) is 119 Å². The summed E-state index contributed by atoms with van der Waals surface area (Å²) in [4.78, 5) is 40.4. The van der Waals surface area contributed by atoms with Crippen molar-refractivity contribution in [1.29, 1.82) is 0 Å². The number of benzene rings is 3. The molecule has 0 aliphatic carbocycles. The molecule has 1 heterocycles. The van der Waals surface area contributed by atoms with Gasteiger partial charge in [0.25, 0.3) is 5.91 Å². The van der Waals surface area contributed by atoms with Crippen molar-refractivity contribution in [3.8, 4) is 11.5 Å². The Morgan fingerprint density at radius 3 is 2.53 bits per heavy atom. The number of ether oxygens (including phenoxy) is 1. The van der Waals surface area contributed by atoms with E-state index in [-0.39, 0.29) is 27.7 Å². The first-order chi connectivity index (χ1) is 15.4. The highest BCUT2D eigenvalue weighted by molar-refractivity contribution is 6.33. The number of hydrogen-bond acceptors (Lipinski definition) is 6. The van der Waals surface area contributed by atoms with E-state index < -0.39 is 24.5 Å². The van der Waals surface area contributed by atoms with E-state index in [1.54, 1.807) is 36.4 Å². The molecule has 0 fully saturated rings. The van der Waals surface area contributed by atoms with Crippen LogP contribution in [0.25, 0.3) is 22.6 Å². The maximum atomic E-state index is 12.6. The Morgan fingerprint density at radius 1 is 1.00 bits per heavy atom. The summed E-state index contributed by atoms with van der Waals surface area (Å²) in [5.74, 6) is -2.35. The summed E-state index contributed by atoms with van der Waals surface area (Å²) in [5, 5.41) is 11.6. The van der Waals surface area contributed by atoms with Gasteiger partial charge >= 0.3 is 11.9 Å². The Hall–Kier alpha value is -4.17. The van der Waals surface area contributed by atoms with Gasteiger partial charge in [0.1, 0.15) is 5.52 Å². The van der Waals surface area contributed by atoms with Crippen molar-refractivity contribution < 1.29 is 28.6 Å². The van der Waals surface area contributed by atoms with Gasteiger partial charge in [0.15, 0.2) is 12.2 Å². The van der Waals surface area contributed by atoms with E-state index in [0.29, 0.717) is 16.7 Å². The predicted molar refractivity (Wildman–Crippen MR) is 117 cm³/mol. The van der Waals surface area contributed by atoms with Gasteiger partial charge in [-0.2, -0.15) is 0 Å². The molecule has 4 aromatic rings. The quantitative estimate of drug-likeness (QED) is 0.410. The lowest BCUT2D eigenvalue weighted by molar-refractivity contribution is -0.119. The van der Waals surface area contributed by atoms with Gasteiger partial charge < -0.3 is 19.6 Å². The van der Waals surface area contributed by atoms with E-state index in [1.807, 2.05) is 12.1 Å². The van der Waals surface area contributed by atoms with Crippen LogP contribution in [0.5, 0.6) is 0 Å². The minimum Gasteiger partial charge on any atom is -0.478 e. The number of amides is 1. The Balaban J connectivity index is 1.46. The fraction of sp³-hybridized carbons (Fsp3) is 0.0435. The number of rotatable bonds is 6. The van der Waals surface area contributed by atoms with E-state index >= 15 is 0 Å². The first-order valence-corrected chi connectivity index (χ1v) is 9.75. The van der Waals surface area contributed by atoms with E-state index in [4.69, 9.17) is 25.9 Å². The maximum absolute atomic E-state index is 12.6. The second-order valence-corrected chi connectivity index (χ2v) is 7.06. The second kappa shape index (κ2) is 8.91. The molecule has 4 rings (SSSR count). The van der Waals surface area contributed by atoms with Crippen LogP contribution in [0, 0.1) is 0 Å². The summed E-state index contributed by atoms with van der Waals surface area (Å²) in [7, 11) is 0. The van der Waals surface area contributed by atoms with Crippen molar-refractivity contribution in [3.63, 3.8) is 0 Å². The number of aromatic nitrogens is 1. The number of nitrogens with one attached hydrogen (secondary N) is 1. The molecule has 8 nitrogen and oxygen atoms in total. The number of anilines is 1. The zero-order chi connectivity index (χ0) is 22.7. The van der Waals surface area contributed by atoms with Crippen LogP contribution >= 0.6 is 11.6 Å². The smallest absolute Gasteiger partial charge is 0.339 e. The summed E-state index contributed by atoms with van der Waals surface area (Å²) >= 11 is 5.81. The van der Waals surface area contributed by atoms with E-state index in [1.165, 1.54) is 18.2 Å². The van der Waals surface area contributed by atoms with Crippen molar-refractivity contribution >= 4 is 46.2 Å². The third-order valence-corrected chi connectivity index (χ3v) is 4.82. The molecule has 0 unspecified atom stereocenters. The van der Waals surface area contributed by atoms with Gasteiger partial charge in [0, 0.05) is 5.69 Å². The highest BCUT2D eigenvalue weighted by Gasteiger charge is 2.19. The molecule has 0 bridgehead atoms. The number of esters is 1. The number of aromatic carboxylic acids is 1. The van der Waals surface area contributed by atoms with Crippen LogP contribution in [0.3, 0.4) is 0 Å². The van der Waals surface area contributed by atoms with Crippen molar-refractivity contribution in [3.05, 3.63) is 82.9 Å². The van der Waals surface area contributed by atoms with Gasteiger partial charge in [-0.25, -0.2) is 14.6 Å². The zero-order valence-electron chi connectivity index (χ0n) is 16.4. The Bertz CT molecular complexity index is 1310. The van der Waals surface area contributed by atoms with Crippen LogP contribution in [0.2, 0.25) is 5.02 Å². The summed E-state index contributed by atoms with van der Waals surface area (Å²) in [5.41, 5.74) is 1.89. The molecule has 0 saturated carbocycles. The molecule has 1 amide bonds. The first kappa shape index (κ1) is 21.1. The molecule has 0 aliphatic rings. The van der Waals surface area contributed by atoms with Crippen LogP contribution in [0.4, 0.5) is 5.69 Å². The van der Waals surface area contributed by atoms with Crippen LogP contribution in [-0.4, -0.2) is 34.5 Å². The summed E-state index contributed by atoms with van der Waals surface area (Å²) in [6, 6.07) is 17.8. The fourth-order valence-corrected chi connectivity index (χ4v) is 3.21. The number of carbonyl (C=O) groups is 3. The van der Waals surface area contributed by atoms with Crippen LogP contribution in [-0.2, 0) is 9.53 Å². The Labute approximate surface area is 186 Å². The number of carboxylic acid groups (broad SMARTS) is 1. The van der Waals surface area contributed by atoms with Crippen molar-refractivity contribution in [2.75, 3.05) is 11.9 Å². The number of nitrogens with zero attached hydrogens (tertiary/aromatic N) is 1. The van der Waals surface area contributed by atoms with Gasteiger partial charge in [0.05, 0.1) is 21.7 Å². The number of para-hydroxylation sites is 2. The predicted octanol–water partition coefficient (Wildman–Crippen LogP) is 4.64. The Morgan fingerprint density at radius 2 is 1.75 bits per heavy atom. The largest absolute Gasteiger partial charge is 0.478 e. The monoisotopic (exact) mass is 450 g/mol. The van der Waals surface area contributed by atoms with Crippen LogP contribution in [0.15, 0.2) is 71.1 Å². The molecule has 1 aromatic heterocycles. The van der Waals surface area contributed by atoms with Gasteiger partial charge in [0.2, 0.25) is 5.89 Å². The standard InChI is InChI=1S/C23H15ClN2O6/c24-17-10-9-13(11-16(17)22(28)29)25-20(27)12-31-23(30)15-6-2-1-5-14(15)21-26-18-7-3-4-8-19(18)32-21/h1-11H,12H2,(H,25,27)(H,28,29). The van der Waals surface area contributed by atoms with Gasteiger partial charge in [-0.1, -0.05) is 35.9 Å². The van der Waals surface area contributed by atoms with Crippen LogP contribution in [0.1, 0.15) is 20.7 Å². The molecule has 0 saturated heterocycles. The SMILES string of the molecule is O=C(COC(=O)c1ccccc1-c1nc2ccccc2o1)Nc1ccc(Cl)c(C(=O)O)c1. The highest BCUT2D eigenvalue weighted by atomic mass is 35.5. The number of fused-ring (bicyclic) bond motifs is 1. The third-order valence-electron chi connectivity index (χ3n) is 4.49. The zero-order valence-corrected chi connectivity index (χ0v) is 17.1. The van der Waals surface area contributed by atoms with E-state index in [0.717, 1.165) is 0 Å². The maximum Gasteiger partial charge on any atom is 0.339 e. The highest BCUT2D eigenvalue weighted by Crippen LogP contribution is 2.27. The first-order valence-electron chi connectivity index (χ1n) is 9.37. The normalized spacial score (nSPS) is 10.7. The summed E-state index contributed by atoms with van der Waals surface area (Å²) in [6.07, 6.45) is 0. The molecule has 160 valence electrons.